The van der Waals surface area contributed by atoms with Gasteiger partial charge >= 0.3 is 6.36 Å². The predicted molar refractivity (Wildman–Crippen MR) is 101 cm³/mol. The van der Waals surface area contributed by atoms with E-state index in [2.05, 4.69) is 20.7 Å². The van der Waals surface area contributed by atoms with E-state index in [0.717, 1.165) is 17.7 Å². The maximum absolute atomic E-state index is 14.1. The second kappa shape index (κ2) is 7.84. The predicted octanol–water partition coefficient (Wildman–Crippen LogP) is 3.01. The van der Waals surface area contributed by atoms with Gasteiger partial charge in [-0.2, -0.15) is 0 Å². The van der Waals surface area contributed by atoms with E-state index in [1.165, 1.54) is 6.07 Å². The molecule has 0 radical (unpaired) electrons. The fourth-order valence-corrected chi connectivity index (χ4v) is 3.64. The average Bonchev–Trinajstić information content (AvgIpc) is 3.49. The van der Waals surface area contributed by atoms with Gasteiger partial charge in [0, 0.05) is 0 Å². The molecule has 2 fully saturated rings. The first kappa shape index (κ1) is 21.1. The fraction of sp³-hybridized carbons (Fsp3) is 0.333. The minimum absolute atomic E-state index is 0.0715. The molecule has 0 spiro atoms. The zero-order valence-corrected chi connectivity index (χ0v) is 16.1. The Labute approximate surface area is 175 Å². The molecule has 2 amide bonds. The van der Waals surface area contributed by atoms with Gasteiger partial charge in [-0.05, 0) is 36.1 Å². The molecule has 2 aliphatic rings. The van der Waals surface area contributed by atoms with Crippen LogP contribution in [-0.2, 0) is 15.1 Å². The van der Waals surface area contributed by atoms with Crippen LogP contribution in [0.3, 0.4) is 0 Å². The van der Waals surface area contributed by atoms with Gasteiger partial charge < -0.3 is 15.4 Å². The van der Waals surface area contributed by atoms with E-state index in [1.54, 1.807) is 0 Å². The van der Waals surface area contributed by atoms with Crippen LogP contribution < -0.4 is 20.7 Å². The molecular formula is C21H19F4N3O3. The topological polar surface area (TPSA) is 79.5 Å². The van der Waals surface area contributed by atoms with Gasteiger partial charge in [-0.15, -0.1) is 13.2 Å². The molecule has 2 unspecified atom stereocenters. The second-order valence-corrected chi connectivity index (χ2v) is 7.60. The monoisotopic (exact) mass is 437 g/mol. The minimum Gasteiger partial charge on any atom is -0.403 e. The quantitative estimate of drug-likeness (QED) is 0.629. The van der Waals surface area contributed by atoms with Crippen LogP contribution in [0.2, 0.25) is 0 Å². The van der Waals surface area contributed by atoms with Crippen molar-refractivity contribution < 1.29 is 31.9 Å². The molecule has 10 heteroatoms. The van der Waals surface area contributed by atoms with Crippen LogP contribution in [-0.4, -0.2) is 24.2 Å². The summed E-state index contributed by atoms with van der Waals surface area (Å²) in [5.41, 5.74) is 0.247. The number of hydrogen-bond donors (Lipinski definition) is 3. The molecule has 1 aliphatic carbocycles. The molecule has 2 atom stereocenters. The smallest absolute Gasteiger partial charge is 0.403 e. The first-order valence-corrected chi connectivity index (χ1v) is 9.63. The van der Waals surface area contributed by atoms with Crippen LogP contribution >= 0.6 is 0 Å². The van der Waals surface area contributed by atoms with Crippen LogP contribution in [0, 0.1) is 5.82 Å². The summed E-state index contributed by atoms with van der Waals surface area (Å²) in [5.74, 6) is -2.84. The number of rotatable bonds is 5. The summed E-state index contributed by atoms with van der Waals surface area (Å²) in [4.78, 5) is 25.0. The largest absolute Gasteiger partial charge is 0.573 e. The number of halogens is 4. The van der Waals surface area contributed by atoms with E-state index < -0.39 is 41.6 Å². The lowest BCUT2D eigenvalue weighted by Gasteiger charge is -2.32. The third-order valence-electron chi connectivity index (χ3n) is 5.33. The summed E-state index contributed by atoms with van der Waals surface area (Å²) in [5, 5.41) is 8.69. The zero-order chi connectivity index (χ0) is 22.2. The van der Waals surface area contributed by atoms with Gasteiger partial charge in [0.05, 0.1) is 18.0 Å². The molecular weight excluding hydrogens is 418 g/mol. The first-order chi connectivity index (χ1) is 14.7. The lowest BCUT2D eigenvalue weighted by Crippen LogP contribution is -2.57. The highest BCUT2D eigenvalue weighted by atomic mass is 19.4. The Hall–Kier alpha value is -3.14. The molecule has 0 bridgehead atoms. The van der Waals surface area contributed by atoms with Crippen molar-refractivity contribution in [1.82, 2.24) is 16.0 Å². The second-order valence-electron chi connectivity index (χ2n) is 7.60. The number of carbonyl (C=O) groups is 2. The molecule has 2 aromatic carbocycles. The SMILES string of the molecule is O=C1CC(C(=O)NC2(c3ccc(OC(F)(F)F)c(F)c3)CC2)NC(c2ccccc2)N1. The van der Waals surface area contributed by atoms with Crippen molar-refractivity contribution in [3.63, 3.8) is 0 Å². The molecule has 1 heterocycles. The minimum atomic E-state index is -5.00. The number of nitrogens with one attached hydrogen (secondary N) is 3. The first-order valence-electron chi connectivity index (χ1n) is 9.63. The Balaban J connectivity index is 1.46. The van der Waals surface area contributed by atoms with Crippen LogP contribution in [0.4, 0.5) is 17.6 Å². The van der Waals surface area contributed by atoms with Gasteiger partial charge in [0.25, 0.3) is 0 Å². The highest BCUT2D eigenvalue weighted by molar-refractivity contribution is 5.90. The summed E-state index contributed by atoms with van der Waals surface area (Å²) in [6, 6.07) is 11.4. The number of ether oxygens (including phenoxy) is 1. The van der Waals surface area contributed by atoms with Crippen molar-refractivity contribution in [2.24, 2.45) is 0 Å². The van der Waals surface area contributed by atoms with Gasteiger partial charge in [0.1, 0.15) is 6.17 Å². The van der Waals surface area contributed by atoms with Crippen LogP contribution in [0.5, 0.6) is 5.75 Å². The molecule has 1 aliphatic heterocycles. The number of benzene rings is 2. The van der Waals surface area contributed by atoms with E-state index in [-0.39, 0.29) is 12.3 Å². The summed E-state index contributed by atoms with van der Waals surface area (Å²) in [7, 11) is 0. The molecule has 0 aromatic heterocycles. The Kier molecular flexibility index (Phi) is 5.34. The highest BCUT2D eigenvalue weighted by Crippen LogP contribution is 2.46. The Bertz CT molecular complexity index is 993. The number of carbonyl (C=O) groups excluding carboxylic acids is 2. The lowest BCUT2D eigenvalue weighted by atomic mass is 10.0. The Morgan fingerprint density at radius 3 is 2.45 bits per heavy atom. The van der Waals surface area contributed by atoms with Gasteiger partial charge in [-0.25, -0.2) is 4.39 Å². The van der Waals surface area contributed by atoms with Gasteiger partial charge in [-0.3, -0.25) is 14.9 Å². The van der Waals surface area contributed by atoms with Crippen molar-refractivity contribution in [3.05, 3.63) is 65.5 Å². The lowest BCUT2D eigenvalue weighted by molar-refractivity contribution is -0.275. The average molecular weight is 437 g/mol. The number of hydrogen-bond acceptors (Lipinski definition) is 4. The van der Waals surface area contributed by atoms with E-state index in [1.807, 2.05) is 30.3 Å². The molecule has 2 aromatic rings. The van der Waals surface area contributed by atoms with E-state index >= 15 is 0 Å². The maximum atomic E-state index is 14.1. The summed E-state index contributed by atoms with van der Waals surface area (Å²) < 4.78 is 54.8. The normalized spacial score (nSPS) is 22.4. The van der Waals surface area contributed by atoms with Crippen molar-refractivity contribution >= 4 is 11.8 Å². The van der Waals surface area contributed by atoms with Crippen molar-refractivity contribution in [3.8, 4) is 5.75 Å². The fourth-order valence-electron chi connectivity index (χ4n) is 3.64. The van der Waals surface area contributed by atoms with Crippen LogP contribution in [0.15, 0.2) is 48.5 Å². The summed E-state index contributed by atoms with van der Waals surface area (Å²) >= 11 is 0. The third kappa shape index (κ3) is 4.79. The molecule has 6 nitrogen and oxygen atoms in total. The summed E-state index contributed by atoms with van der Waals surface area (Å²) in [6.07, 6.45) is -4.62. The van der Waals surface area contributed by atoms with Crippen LogP contribution in [0.1, 0.15) is 36.6 Å². The van der Waals surface area contributed by atoms with E-state index in [4.69, 9.17) is 0 Å². The Morgan fingerprint density at radius 2 is 1.84 bits per heavy atom. The molecule has 164 valence electrons. The molecule has 4 rings (SSSR count). The zero-order valence-electron chi connectivity index (χ0n) is 16.1. The molecule has 31 heavy (non-hydrogen) atoms. The van der Waals surface area contributed by atoms with Crippen LogP contribution in [0.25, 0.3) is 0 Å². The molecule has 1 saturated heterocycles. The van der Waals surface area contributed by atoms with Crippen molar-refractivity contribution in [1.29, 1.82) is 0 Å². The number of amides is 2. The van der Waals surface area contributed by atoms with E-state index in [0.29, 0.717) is 18.4 Å². The van der Waals surface area contributed by atoms with Crippen molar-refractivity contribution in [2.45, 2.75) is 43.4 Å². The highest BCUT2D eigenvalue weighted by Gasteiger charge is 2.47. The summed E-state index contributed by atoms with van der Waals surface area (Å²) in [6.45, 7) is 0. The van der Waals surface area contributed by atoms with Gasteiger partial charge in [0.15, 0.2) is 11.6 Å². The maximum Gasteiger partial charge on any atom is 0.573 e. The van der Waals surface area contributed by atoms with Gasteiger partial charge in [-0.1, -0.05) is 36.4 Å². The number of alkyl halides is 3. The Morgan fingerprint density at radius 1 is 1.13 bits per heavy atom. The third-order valence-corrected chi connectivity index (χ3v) is 5.33. The molecule has 1 saturated carbocycles. The van der Waals surface area contributed by atoms with Gasteiger partial charge in [0.2, 0.25) is 11.8 Å². The molecule has 3 N–H and O–H groups in total. The van der Waals surface area contributed by atoms with E-state index in [9.17, 15) is 27.2 Å². The van der Waals surface area contributed by atoms with Crippen molar-refractivity contribution in [2.75, 3.05) is 0 Å². The standard InChI is InChI=1S/C21H19F4N3O3/c22-14-10-13(6-7-16(14)31-21(23,24)25)20(8-9-20)28-19(30)15-11-17(29)27-18(26-15)12-4-2-1-3-5-12/h1-7,10,15,18,26H,8-9,11H2,(H,27,29)(H,28,30).